The second-order valence-electron chi connectivity index (χ2n) is 2.24. The molecule has 68 valence electrons. The second kappa shape index (κ2) is 8.08. The number of rotatable bonds is 2. The predicted octanol–water partition coefficient (Wildman–Crippen LogP) is 2.08. The largest absolute Gasteiger partial charge is 0.497 e. The molecule has 1 rings (SSSR count). The van der Waals surface area contributed by atoms with Crippen LogP contribution in [-0.2, 0) is 0 Å². The van der Waals surface area contributed by atoms with Crippen molar-refractivity contribution in [3.63, 3.8) is 0 Å². The summed E-state index contributed by atoms with van der Waals surface area (Å²) in [6.07, 6.45) is 0.875. The van der Waals surface area contributed by atoms with E-state index in [4.69, 9.17) is 9.84 Å². The van der Waals surface area contributed by atoms with Crippen molar-refractivity contribution in [2.24, 2.45) is 0 Å². The van der Waals surface area contributed by atoms with E-state index in [9.17, 15) is 0 Å². The number of hydrogen-bond donors (Lipinski definition) is 1. The minimum atomic E-state index is 0.319. The van der Waals surface area contributed by atoms with Crippen LogP contribution in [0.25, 0.3) is 0 Å². The van der Waals surface area contributed by atoms with Gasteiger partial charge < -0.3 is 9.84 Å². The van der Waals surface area contributed by atoms with E-state index in [2.05, 4.69) is 0 Å². The molecule has 0 saturated carbocycles. The summed E-state index contributed by atoms with van der Waals surface area (Å²) in [5.41, 5.74) is 0. The number of ether oxygens (including phenoxy) is 1. The smallest absolute Gasteiger partial charge is 0.118 e. The normalized spacial score (nSPS) is 8.25. The van der Waals surface area contributed by atoms with Crippen molar-refractivity contribution < 1.29 is 9.84 Å². The molecule has 1 aromatic rings. The molecule has 0 bridgehead atoms. The van der Waals surface area contributed by atoms with Crippen LogP contribution in [0.3, 0.4) is 0 Å². The molecule has 0 heterocycles. The van der Waals surface area contributed by atoms with Crippen LogP contribution < -0.4 is 4.74 Å². The van der Waals surface area contributed by atoms with Crippen LogP contribution in [0.1, 0.15) is 13.3 Å². The SMILES string of the molecule is CCCO.COc1ccccc1. The highest BCUT2D eigenvalue weighted by molar-refractivity contribution is 5.20. The average molecular weight is 168 g/mol. The monoisotopic (exact) mass is 168 g/mol. The number of para-hydroxylation sites is 1. The Kier molecular flexibility index (Phi) is 7.39. The maximum atomic E-state index is 7.88. The number of hydrogen-bond acceptors (Lipinski definition) is 2. The van der Waals surface area contributed by atoms with E-state index in [1.54, 1.807) is 7.11 Å². The summed E-state index contributed by atoms with van der Waals surface area (Å²) in [4.78, 5) is 0. The molecule has 0 aliphatic carbocycles. The van der Waals surface area contributed by atoms with Gasteiger partial charge in [-0.15, -0.1) is 0 Å². The number of aliphatic hydroxyl groups excluding tert-OH is 1. The second-order valence-corrected chi connectivity index (χ2v) is 2.24. The Hall–Kier alpha value is -1.02. The van der Waals surface area contributed by atoms with Crippen molar-refractivity contribution in [3.8, 4) is 5.75 Å². The number of benzene rings is 1. The van der Waals surface area contributed by atoms with Gasteiger partial charge in [0.25, 0.3) is 0 Å². The van der Waals surface area contributed by atoms with Gasteiger partial charge >= 0.3 is 0 Å². The van der Waals surface area contributed by atoms with Crippen molar-refractivity contribution >= 4 is 0 Å². The molecule has 12 heavy (non-hydrogen) atoms. The zero-order valence-corrected chi connectivity index (χ0v) is 7.66. The summed E-state index contributed by atoms with van der Waals surface area (Å²) in [7, 11) is 1.66. The summed E-state index contributed by atoms with van der Waals surface area (Å²) < 4.78 is 4.91. The molecule has 2 nitrogen and oxygen atoms in total. The lowest BCUT2D eigenvalue weighted by Crippen LogP contribution is -1.78. The van der Waals surface area contributed by atoms with Gasteiger partial charge in [-0.25, -0.2) is 0 Å². The van der Waals surface area contributed by atoms with Crippen LogP contribution >= 0.6 is 0 Å². The Bertz CT molecular complexity index is 170. The molecule has 1 aromatic carbocycles. The summed E-state index contributed by atoms with van der Waals surface area (Å²) in [6, 6.07) is 9.68. The quantitative estimate of drug-likeness (QED) is 0.732. The molecular weight excluding hydrogens is 152 g/mol. The highest BCUT2D eigenvalue weighted by atomic mass is 16.5. The Morgan fingerprint density at radius 2 is 1.75 bits per heavy atom. The fourth-order valence-corrected chi connectivity index (χ4v) is 0.557. The van der Waals surface area contributed by atoms with E-state index >= 15 is 0 Å². The standard InChI is InChI=1S/C7H8O.C3H8O/c1-8-7-5-3-2-4-6-7;1-2-3-4/h2-6H,1H3;4H,2-3H2,1H3. The minimum absolute atomic E-state index is 0.319. The number of methoxy groups -OCH3 is 1. The number of aliphatic hydroxyl groups is 1. The van der Waals surface area contributed by atoms with E-state index < -0.39 is 0 Å². The Morgan fingerprint density at radius 3 is 2.00 bits per heavy atom. The summed E-state index contributed by atoms with van der Waals surface area (Å²) in [5, 5.41) is 7.88. The molecule has 0 spiro atoms. The third-order valence-electron chi connectivity index (χ3n) is 1.20. The van der Waals surface area contributed by atoms with E-state index in [1.165, 1.54) is 0 Å². The molecule has 2 heteroatoms. The van der Waals surface area contributed by atoms with Crippen molar-refractivity contribution in [2.45, 2.75) is 13.3 Å². The van der Waals surface area contributed by atoms with Gasteiger partial charge in [-0.1, -0.05) is 25.1 Å². The topological polar surface area (TPSA) is 29.5 Å². The highest BCUT2D eigenvalue weighted by Gasteiger charge is 1.80. The molecule has 0 aromatic heterocycles. The molecular formula is C10H16O2. The maximum absolute atomic E-state index is 7.88. The van der Waals surface area contributed by atoms with Gasteiger partial charge in [0.1, 0.15) is 5.75 Å². The van der Waals surface area contributed by atoms with Crippen LogP contribution in [0, 0.1) is 0 Å². The van der Waals surface area contributed by atoms with Gasteiger partial charge in [0.2, 0.25) is 0 Å². The summed E-state index contributed by atoms with van der Waals surface area (Å²) >= 11 is 0. The first kappa shape index (κ1) is 11.0. The summed E-state index contributed by atoms with van der Waals surface area (Å²) in [5.74, 6) is 0.910. The molecule has 0 fully saturated rings. The first-order valence-corrected chi connectivity index (χ1v) is 4.05. The molecule has 1 N–H and O–H groups in total. The van der Waals surface area contributed by atoms with E-state index in [0.717, 1.165) is 12.2 Å². The molecule has 0 saturated heterocycles. The average Bonchev–Trinajstić information content (AvgIpc) is 2.19. The third-order valence-corrected chi connectivity index (χ3v) is 1.20. The lowest BCUT2D eigenvalue weighted by Gasteiger charge is -1.93. The molecule has 0 unspecified atom stereocenters. The minimum Gasteiger partial charge on any atom is -0.497 e. The summed E-state index contributed by atoms with van der Waals surface area (Å²) in [6.45, 7) is 2.25. The Balaban J connectivity index is 0.000000261. The van der Waals surface area contributed by atoms with E-state index in [-0.39, 0.29) is 0 Å². The molecule has 0 aliphatic rings. The van der Waals surface area contributed by atoms with Gasteiger partial charge in [-0.2, -0.15) is 0 Å². The third kappa shape index (κ3) is 5.74. The first-order chi connectivity index (χ1) is 5.85. The zero-order valence-electron chi connectivity index (χ0n) is 7.66. The lowest BCUT2D eigenvalue weighted by atomic mass is 10.3. The van der Waals surface area contributed by atoms with Crippen LogP contribution in [0.15, 0.2) is 30.3 Å². The van der Waals surface area contributed by atoms with Gasteiger partial charge in [0.05, 0.1) is 7.11 Å². The molecule has 0 radical (unpaired) electrons. The fraction of sp³-hybridized carbons (Fsp3) is 0.400. The molecule has 0 aliphatic heterocycles. The Morgan fingerprint density at radius 1 is 1.25 bits per heavy atom. The van der Waals surface area contributed by atoms with E-state index in [0.29, 0.717) is 6.61 Å². The molecule has 0 amide bonds. The molecule has 0 atom stereocenters. The van der Waals surface area contributed by atoms with Gasteiger partial charge in [-0.05, 0) is 18.6 Å². The Labute approximate surface area is 73.8 Å². The predicted molar refractivity (Wildman–Crippen MR) is 50.4 cm³/mol. The van der Waals surface area contributed by atoms with Crippen molar-refractivity contribution in [2.75, 3.05) is 13.7 Å². The zero-order chi connectivity index (χ0) is 9.23. The van der Waals surface area contributed by atoms with Crippen molar-refractivity contribution in [3.05, 3.63) is 30.3 Å². The fourth-order valence-electron chi connectivity index (χ4n) is 0.557. The van der Waals surface area contributed by atoms with Crippen molar-refractivity contribution in [1.82, 2.24) is 0 Å². The maximum Gasteiger partial charge on any atom is 0.118 e. The first-order valence-electron chi connectivity index (χ1n) is 4.05. The van der Waals surface area contributed by atoms with Gasteiger partial charge in [-0.3, -0.25) is 0 Å². The van der Waals surface area contributed by atoms with Gasteiger partial charge in [0, 0.05) is 6.61 Å². The van der Waals surface area contributed by atoms with Crippen molar-refractivity contribution in [1.29, 1.82) is 0 Å². The van der Waals surface area contributed by atoms with Crippen LogP contribution in [0.4, 0.5) is 0 Å². The van der Waals surface area contributed by atoms with Crippen LogP contribution in [-0.4, -0.2) is 18.8 Å². The highest BCUT2D eigenvalue weighted by Crippen LogP contribution is 2.05. The van der Waals surface area contributed by atoms with E-state index in [1.807, 2.05) is 37.3 Å². The van der Waals surface area contributed by atoms with Gasteiger partial charge in [0.15, 0.2) is 0 Å². The van der Waals surface area contributed by atoms with Crippen LogP contribution in [0.5, 0.6) is 5.75 Å². The lowest BCUT2D eigenvalue weighted by molar-refractivity contribution is 0.295. The van der Waals surface area contributed by atoms with Crippen LogP contribution in [0.2, 0.25) is 0 Å².